The van der Waals surface area contributed by atoms with Crippen molar-refractivity contribution in [1.29, 1.82) is 0 Å². The van der Waals surface area contributed by atoms with Gasteiger partial charge in [0.05, 0.1) is 11.1 Å². The molecule has 0 atom stereocenters. The minimum absolute atomic E-state index is 0.0324. The molecule has 16 heavy (non-hydrogen) atoms. The van der Waals surface area contributed by atoms with Crippen molar-refractivity contribution in [3.63, 3.8) is 0 Å². The average Bonchev–Trinajstić information content (AvgIpc) is 2.93. The molecule has 84 valence electrons. The first-order valence-electron chi connectivity index (χ1n) is 4.70. The van der Waals surface area contributed by atoms with Crippen LogP contribution in [0.1, 0.15) is 34.1 Å². The van der Waals surface area contributed by atoms with Crippen LogP contribution in [-0.4, -0.2) is 11.6 Å². The summed E-state index contributed by atoms with van der Waals surface area (Å²) >= 11 is 1.48. The summed E-state index contributed by atoms with van der Waals surface area (Å²) in [6, 6.07) is 7.04. The molecule has 4 heteroatoms. The minimum Gasteiger partial charge on any atom is -0.461 e. The van der Waals surface area contributed by atoms with Crippen LogP contribution in [-0.2, 0) is 0 Å². The van der Waals surface area contributed by atoms with Gasteiger partial charge >= 0.3 is 0 Å². The highest BCUT2D eigenvalue weighted by molar-refractivity contribution is 7.12. The summed E-state index contributed by atoms with van der Waals surface area (Å²) in [5, 5.41) is 1.90. The van der Waals surface area contributed by atoms with Gasteiger partial charge in [0.2, 0.25) is 0 Å². The Morgan fingerprint density at radius 3 is 2.12 bits per heavy atom. The largest absolute Gasteiger partial charge is 0.461 e. The Hall–Kier alpha value is -1.68. The van der Waals surface area contributed by atoms with Crippen molar-refractivity contribution in [1.82, 2.24) is 0 Å². The predicted octanol–water partition coefficient (Wildman–Crippen LogP) is 3.43. The van der Waals surface area contributed by atoms with E-state index < -0.39 is 0 Å². The fourth-order valence-electron chi connectivity index (χ4n) is 0.958. The lowest BCUT2D eigenvalue weighted by atomic mass is 10.3. The lowest BCUT2D eigenvalue weighted by molar-refractivity contribution is 0.0985. The zero-order chi connectivity index (χ0) is 12.0. The molecule has 0 aliphatic carbocycles. The molecule has 2 heterocycles. The number of thiophene rings is 1. The van der Waals surface area contributed by atoms with Gasteiger partial charge in [-0.2, -0.15) is 0 Å². The molecule has 0 bridgehead atoms. The number of rotatable bonds is 2. The van der Waals surface area contributed by atoms with Crippen LogP contribution in [0.25, 0.3) is 0 Å². The molecular weight excluding hydrogens is 224 g/mol. The van der Waals surface area contributed by atoms with Crippen molar-refractivity contribution < 1.29 is 14.0 Å². The normalized spacial score (nSPS) is 9.12. The average molecular weight is 236 g/mol. The second kappa shape index (κ2) is 6.02. The number of furan rings is 1. The van der Waals surface area contributed by atoms with Gasteiger partial charge in [-0.1, -0.05) is 6.07 Å². The monoisotopic (exact) mass is 236 g/mol. The zero-order valence-electron chi connectivity index (χ0n) is 9.10. The molecule has 2 aromatic rings. The highest BCUT2D eigenvalue weighted by Crippen LogP contribution is 2.07. The van der Waals surface area contributed by atoms with Gasteiger partial charge in [-0.15, -0.1) is 11.3 Å². The van der Waals surface area contributed by atoms with Crippen LogP contribution >= 0.6 is 11.3 Å². The molecule has 0 aliphatic heterocycles. The van der Waals surface area contributed by atoms with E-state index in [1.54, 1.807) is 19.1 Å². The number of Topliss-reactive ketones (excluding diaryl/α,β-unsaturated/α-hetero) is 2. The fraction of sp³-hybridized carbons (Fsp3) is 0.167. The van der Waals surface area contributed by atoms with E-state index in [4.69, 9.17) is 4.42 Å². The highest BCUT2D eigenvalue weighted by atomic mass is 32.1. The molecule has 0 saturated heterocycles. The SMILES string of the molecule is CC(=O)c1ccco1.CC(=O)c1cccs1. The lowest BCUT2D eigenvalue weighted by Crippen LogP contribution is -1.85. The van der Waals surface area contributed by atoms with Gasteiger partial charge in [0.25, 0.3) is 0 Å². The van der Waals surface area contributed by atoms with Crippen LogP contribution in [0.2, 0.25) is 0 Å². The van der Waals surface area contributed by atoms with Crippen LogP contribution in [0.3, 0.4) is 0 Å². The van der Waals surface area contributed by atoms with Gasteiger partial charge in [0.15, 0.2) is 17.3 Å². The second-order valence-electron chi connectivity index (χ2n) is 3.07. The first kappa shape index (κ1) is 12.4. The van der Waals surface area contributed by atoms with Gasteiger partial charge in [0, 0.05) is 6.92 Å². The van der Waals surface area contributed by atoms with Crippen LogP contribution in [0.4, 0.5) is 0 Å². The first-order chi connectivity index (χ1) is 7.61. The topological polar surface area (TPSA) is 47.3 Å². The van der Waals surface area contributed by atoms with Crippen molar-refractivity contribution >= 4 is 22.9 Å². The molecule has 3 nitrogen and oxygen atoms in total. The number of ketones is 2. The molecule has 0 aromatic carbocycles. The molecule has 0 radical (unpaired) electrons. The van der Waals surface area contributed by atoms with Crippen LogP contribution < -0.4 is 0 Å². The van der Waals surface area contributed by atoms with E-state index in [0.29, 0.717) is 5.76 Å². The number of hydrogen-bond donors (Lipinski definition) is 0. The van der Waals surface area contributed by atoms with Crippen molar-refractivity contribution in [3.8, 4) is 0 Å². The van der Waals surface area contributed by atoms with Crippen molar-refractivity contribution in [2.24, 2.45) is 0 Å². The van der Waals surface area contributed by atoms with Crippen molar-refractivity contribution in [2.45, 2.75) is 13.8 Å². The first-order valence-corrected chi connectivity index (χ1v) is 5.58. The zero-order valence-corrected chi connectivity index (χ0v) is 9.91. The van der Waals surface area contributed by atoms with E-state index in [9.17, 15) is 9.59 Å². The summed E-state index contributed by atoms with van der Waals surface area (Å²) in [6.45, 7) is 3.05. The third-order valence-electron chi connectivity index (χ3n) is 1.74. The van der Waals surface area contributed by atoms with Gasteiger partial charge in [-0.25, -0.2) is 0 Å². The molecule has 0 N–H and O–H groups in total. The summed E-state index contributed by atoms with van der Waals surface area (Å²) in [5.41, 5.74) is 0. The quantitative estimate of drug-likeness (QED) is 0.750. The van der Waals surface area contributed by atoms with Gasteiger partial charge < -0.3 is 4.42 Å². The molecule has 0 fully saturated rings. The smallest absolute Gasteiger partial charge is 0.194 e. The van der Waals surface area contributed by atoms with Gasteiger partial charge in [0.1, 0.15) is 0 Å². The van der Waals surface area contributed by atoms with E-state index in [0.717, 1.165) is 4.88 Å². The molecule has 0 aliphatic rings. The molecule has 0 saturated carbocycles. The second-order valence-corrected chi connectivity index (χ2v) is 4.01. The van der Waals surface area contributed by atoms with Gasteiger partial charge in [-0.05, 0) is 30.5 Å². The van der Waals surface area contributed by atoms with E-state index in [2.05, 4.69) is 0 Å². The Kier molecular flexibility index (Phi) is 4.66. The van der Waals surface area contributed by atoms with Crippen LogP contribution in [0.5, 0.6) is 0 Å². The van der Waals surface area contributed by atoms with E-state index in [1.807, 2.05) is 17.5 Å². The molecule has 0 spiro atoms. The molecule has 0 unspecified atom stereocenters. The molecule has 0 amide bonds. The summed E-state index contributed by atoms with van der Waals surface area (Å²) < 4.78 is 4.75. The summed E-state index contributed by atoms with van der Waals surface area (Å²) in [7, 11) is 0. The number of hydrogen-bond acceptors (Lipinski definition) is 4. The number of carbonyl (C=O) groups is 2. The van der Waals surface area contributed by atoms with Crippen LogP contribution in [0, 0.1) is 0 Å². The van der Waals surface area contributed by atoms with Gasteiger partial charge in [-0.3, -0.25) is 9.59 Å². The summed E-state index contributed by atoms with van der Waals surface area (Å²) in [4.78, 5) is 21.8. The summed E-state index contributed by atoms with van der Waals surface area (Å²) in [5.74, 6) is 0.542. The van der Waals surface area contributed by atoms with E-state index >= 15 is 0 Å². The third kappa shape index (κ3) is 3.82. The Bertz CT molecular complexity index is 396. The lowest BCUT2D eigenvalue weighted by Gasteiger charge is -1.80. The molecule has 2 rings (SSSR count). The summed E-state index contributed by atoms with van der Waals surface area (Å²) in [6.07, 6.45) is 1.48. The van der Waals surface area contributed by atoms with E-state index in [-0.39, 0.29) is 11.6 Å². The van der Waals surface area contributed by atoms with Crippen molar-refractivity contribution in [3.05, 3.63) is 46.5 Å². The molecule has 2 aromatic heterocycles. The Balaban J connectivity index is 0.000000160. The van der Waals surface area contributed by atoms with Crippen molar-refractivity contribution in [2.75, 3.05) is 0 Å². The minimum atomic E-state index is -0.0324. The van der Waals surface area contributed by atoms with Crippen LogP contribution in [0.15, 0.2) is 40.3 Å². The Morgan fingerprint density at radius 2 is 1.88 bits per heavy atom. The molecular formula is C12H12O3S. The maximum absolute atomic E-state index is 10.5. The maximum atomic E-state index is 10.5. The Morgan fingerprint density at radius 1 is 1.12 bits per heavy atom. The van der Waals surface area contributed by atoms with E-state index in [1.165, 1.54) is 24.5 Å². The predicted molar refractivity (Wildman–Crippen MR) is 63.0 cm³/mol. The number of carbonyl (C=O) groups excluding carboxylic acids is 2. The Labute approximate surface area is 97.7 Å². The highest BCUT2D eigenvalue weighted by Gasteiger charge is 1.97. The standard InChI is InChI=1S/C6H6O2.C6H6OS/c2*1-5(7)6-3-2-4-8-6/h2*2-4H,1H3. The maximum Gasteiger partial charge on any atom is 0.194 e. The fourth-order valence-corrected chi connectivity index (χ4v) is 1.58. The third-order valence-corrected chi connectivity index (χ3v) is 2.71.